The maximum atomic E-state index is 14.5. The molecule has 7 nitrogen and oxygen atoms in total. The molecule has 2 heterocycles. The first-order valence-corrected chi connectivity index (χ1v) is 7.74. The summed E-state index contributed by atoms with van der Waals surface area (Å²) in [6.07, 6.45) is -0.231. The Kier molecular flexibility index (Phi) is 4.39. The molecule has 0 amide bonds. The third-order valence-electron chi connectivity index (χ3n) is 4.11. The van der Waals surface area contributed by atoms with Gasteiger partial charge in [-0.1, -0.05) is 0 Å². The van der Waals surface area contributed by atoms with Crippen LogP contribution in [0.25, 0.3) is 10.9 Å². The van der Waals surface area contributed by atoms with E-state index < -0.39 is 17.4 Å². The largest absolute Gasteiger partial charge is 0.511 e. The summed E-state index contributed by atoms with van der Waals surface area (Å²) in [5.74, 6) is -0.831. The number of rotatable bonds is 3. The van der Waals surface area contributed by atoms with Crippen molar-refractivity contribution >= 4 is 22.7 Å². The van der Waals surface area contributed by atoms with Crippen molar-refractivity contribution in [2.75, 3.05) is 31.1 Å². The quantitative estimate of drug-likeness (QED) is 0.830. The van der Waals surface area contributed by atoms with Crippen LogP contribution in [0, 0.1) is 5.82 Å². The highest BCUT2D eigenvalue weighted by atomic mass is 19.1. The third-order valence-corrected chi connectivity index (χ3v) is 4.11. The highest BCUT2D eigenvalue weighted by molar-refractivity contribution is 5.84. The molecule has 24 heavy (non-hydrogen) atoms. The monoisotopic (exact) mass is 335 g/mol. The van der Waals surface area contributed by atoms with E-state index in [1.54, 1.807) is 10.6 Å². The van der Waals surface area contributed by atoms with Gasteiger partial charge in [-0.2, -0.15) is 0 Å². The first-order valence-electron chi connectivity index (χ1n) is 7.74. The van der Waals surface area contributed by atoms with Gasteiger partial charge < -0.3 is 24.6 Å². The summed E-state index contributed by atoms with van der Waals surface area (Å²) >= 11 is 0. The molecule has 1 aliphatic rings. The Bertz CT molecular complexity index is 843. The van der Waals surface area contributed by atoms with Crippen molar-refractivity contribution in [1.82, 2.24) is 9.88 Å². The smallest absolute Gasteiger partial charge is 0.449 e. The number of piperazine rings is 1. The van der Waals surface area contributed by atoms with Crippen molar-refractivity contribution < 1.29 is 19.0 Å². The Morgan fingerprint density at radius 1 is 1.38 bits per heavy atom. The lowest BCUT2D eigenvalue weighted by Crippen LogP contribution is -2.43. The van der Waals surface area contributed by atoms with Crippen LogP contribution in [0.1, 0.15) is 6.92 Å². The van der Waals surface area contributed by atoms with E-state index in [0.29, 0.717) is 30.8 Å². The van der Waals surface area contributed by atoms with E-state index in [1.165, 1.54) is 6.20 Å². The lowest BCUT2D eigenvalue weighted by Gasteiger charge is -2.30. The number of hydrogen-bond donors (Lipinski definition) is 2. The van der Waals surface area contributed by atoms with Gasteiger partial charge >= 0.3 is 6.16 Å². The van der Waals surface area contributed by atoms with E-state index in [9.17, 15) is 14.0 Å². The van der Waals surface area contributed by atoms with Crippen LogP contribution in [-0.4, -0.2) is 42.0 Å². The Balaban J connectivity index is 2.18. The molecule has 0 unspecified atom stereocenters. The molecule has 0 spiro atoms. The lowest BCUT2D eigenvalue weighted by atomic mass is 10.1. The summed E-state index contributed by atoms with van der Waals surface area (Å²) < 4.78 is 20.8. The third kappa shape index (κ3) is 2.92. The zero-order chi connectivity index (χ0) is 17.3. The van der Waals surface area contributed by atoms with Gasteiger partial charge in [-0.15, -0.1) is 0 Å². The molecule has 0 atom stereocenters. The highest BCUT2D eigenvalue weighted by Gasteiger charge is 2.19. The molecule has 1 aromatic carbocycles. The summed E-state index contributed by atoms with van der Waals surface area (Å²) in [5, 5.41) is 12.0. The number of nitrogens with one attached hydrogen (secondary N) is 1. The summed E-state index contributed by atoms with van der Waals surface area (Å²) in [6.45, 7) is 5.23. The standard InChI is InChI=1S/C16H18FN3O4/c1-2-19-9-14(24-16(22)23)15(21)10-7-11(17)13(8-12(10)19)20-5-3-18-4-6-20/h7-9,18H,2-6H2,1H3,(H,22,23). The summed E-state index contributed by atoms with van der Waals surface area (Å²) in [7, 11) is 0. The van der Waals surface area contributed by atoms with E-state index in [1.807, 2.05) is 11.8 Å². The second kappa shape index (κ2) is 6.48. The van der Waals surface area contributed by atoms with Crippen molar-refractivity contribution in [1.29, 1.82) is 0 Å². The number of fused-ring (bicyclic) bond motifs is 1. The predicted octanol–water partition coefficient (Wildman–Crippen LogP) is 1.63. The van der Waals surface area contributed by atoms with Gasteiger partial charge in [0.05, 0.1) is 22.8 Å². The molecular formula is C16H18FN3O4. The number of halogens is 1. The van der Waals surface area contributed by atoms with Crippen LogP contribution in [0.4, 0.5) is 14.9 Å². The minimum Gasteiger partial charge on any atom is -0.449 e. The number of aromatic nitrogens is 1. The fourth-order valence-corrected chi connectivity index (χ4v) is 2.95. The predicted molar refractivity (Wildman–Crippen MR) is 87.6 cm³/mol. The fraction of sp³-hybridized carbons (Fsp3) is 0.375. The summed E-state index contributed by atoms with van der Waals surface area (Å²) in [5.41, 5.74) is 0.357. The number of carbonyl (C=O) groups is 1. The van der Waals surface area contributed by atoms with E-state index in [0.717, 1.165) is 19.2 Å². The zero-order valence-corrected chi connectivity index (χ0v) is 13.2. The minimum atomic E-state index is -1.58. The van der Waals surface area contributed by atoms with Crippen LogP contribution in [0.5, 0.6) is 5.75 Å². The van der Waals surface area contributed by atoms with Crippen LogP contribution in [0.15, 0.2) is 23.1 Å². The SMILES string of the molecule is CCn1cc(OC(=O)O)c(=O)c2cc(F)c(N3CCNCC3)cc21. The number of benzene rings is 1. The Hall–Kier alpha value is -2.61. The highest BCUT2D eigenvalue weighted by Crippen LogP contribution is 2.26. The Labute approximate surface area is 137 Å². The first-order chi connectivity index (χ1) is 11.5. The van der Waals surface area contributed by atoms with E-state index >= 15 is 0 Å². The van der Waals surface area contributed by atoms with Crippen LogP contribution < -0.4 is 20.4 Å². The van der Waals surface area contributed by atoms with Gasteiger partial charge in [-0.25, -0.2) is 9.18 Å². The molecule has 2 N–H and O–H groups in total. The molecule has 1 saturated heterocycles. The topological polar surface area (TPSA) is 83.8 Å². The Morgan fingerprint density at radius 3 is 2.71 bits per heavy atom. The van der Waals surface area contributed by atoms with Crippen molar-refractivity contribution in [3.63, 3.8) is 0 Å². The van der Waals surface area contributed by atoms with Gasteiger partial charge in [0.2, 0.25) is 5.43 Å². The van der Waals surface area contributed by atoms with E-state index in [4.69, 9.17) is 5.11 Å². The number of anilines is 1. The van der Waals surface area contributed by atoms with Crippen LogP contribution in [-0.2, 0) is 6.54 Å². The van der Waals surface area contributed by atoms with Crippen molar-refractivity contribution in [3.05, 3.63) is 34.4 Å². The number of hydrogen-bond acceptors (Lipinski definition) is 5. The van der Waals surface area contributed by atoms with Gasteiger partial charge in [0.15, 0.2) is 5.75 Å². The van der Waals surface area contributed by atoms with E-state index in [2.05, 4.69) is 10.1 Å². The molecule has 0 aliphatic carbocycles. The fourth-order valence-electron chi connectivity index (χ4n) is 2.95. The van der Waals surface area contributed by atoms with E-state index in [-0.39, 0.29) is 11.1 Å². The second-order valence-corrected chi connectivity index (χ2v) is 5.53. The molecule has 0 radical (unpaired) electrons. The molecule has 128 valence electrons. The molecular weight excluding hydrogens is 317 g/mol. The lowest BCUT2D eigenvalue weighted by molar-refractivity contribution is 0.144. The Morgan fingerprint density at radius 2 is 2.08 bits per heavy atom. The summed E-state index contributed by atoms with van der Waals surface area (Å²) in [4.78, 5) is 25.0. The second-order valence-electron chi connectivity index (χ2n) is 5.53. The van der Waals surface area contributed by atoms with Gasteiger partial charge in [0, 0.05) is 32.7 Å². The maximum absolute atomic E-state index is 14.5. The molecule has 3 rings (SSSR count). The van der Waals surface area contributed by atoms with Crippen molar-refractivity contribution in [2.24, 2.45) is 0 Å². The van der Waals surface area contributed by atoms with Gasteiger partial charge in [-0.3, -0.25) is 4.79 Å². The number of carboxylic acid groups (broad SMARTS) is 1. The molecule has 1 fully saturated rings. The molecule has 1 aromatic heterocycles. The normalized spacial score (nSPS) is 14.8. The van der Waals surface area contributed by atoms with Gasteiger partial charge in [-0.05, 0) is 19.1 Å². The van der Waals surface area contributed by atoms with Crippen LogP contribution in [0.2, 0.25) is 0 Å². The zero-order valence-electron chi connectivity index (χ0n) is 13.2. The number of aryl methyl sites for hydroxylation is 1. The van der Waals surface area contributed by atoms with Gasteiger partial charge in [0.25, 0.3) is 0 Å². The maximum Gasteiger partial charge on any atom is 0.511 e. The molecule has 2 aromatic rings. The van der Waals surface area contributed by atoms with Crippen LogP contribution >= 0.6 is 0 Å². The molecule has 0 saturated carbocycles. The minimum absolute atomic E-state index is 0.104. The van der Waals surface area contributed by atoms with Crippen molar-refractivity contribution in [2.45, 2.75) is 13.5 Å². The molecule has 0 bridgehead atoms. The summed E-state index contributed by atoms with van der Waals surface area (Å²) in [6, 6.07) is 2.81. The van der Waals surface area contributed by atoms with Crippen molar-refractivity contribution in [3.8, 4) is 5.75 Å². The number of pyridine rings is 1. The number of ether oxygens (including phenoxy) is 1. The molecule has 8 heteroatoms. The molecule has 1 aliphatic heterocycles. The first kappa shape index (κ1) is 16.3. The average Bonchev–Trinajstić information content (AvgIpc) is 2.57. The average molecular weight is 335 g/mol. The number of nitrogens with zero attached hydrogens (tertiary/aromatic N) is 2. The van der Waals surface area contributed by atoms with Crippen LogP contribution in [0.3, 0.4) is 0 Å². The van der Waals surface area contributed by atoms with Gasteiger partial charge in [0.1, 0.15) is 5.82 Å².